The molecule has 4 nitrogen and oxygen atoms in total. The van der Waals surface area contributed by atoms with Crippen LogP contribution in [-0.4, -0.2) is 31.1 Å². The lowest BCUT2D eigenvalue weighted by atomic mass is 10.2. The molecular weight excluding hydrogens is 208 g/mol. The smallest absolute Gasteiger partial charge is 0.205 e. The van der Waals surface area contributed by atoms with E-state index in [1.54, 1.807) is 0 Å². The molecule has 0 aliphatic rings. The van der Waals surface area contributed by atoms with E-state index in [0.29, 0.717) is 5.96 Å². The van der Waals surface area contributed by atoms with Crippen molar-refractivity contribution in [3.63, 3.8) is 0 Å². The third kappa shape index (κ3) is 9.87. The minimum absolute atomic E-state index is 0.696. The summed E-state index contributed by atoms with van der Waals surface area (Å²) in [5.41, 5.74) is 2.55. The van der Waals surface area contributed by atoms with E-state index in [1.165, 1.54) is 25.0 Å². The third-order valence-corrected chi connectivity index (χ3v) is 2.70. The van der Waals surface area contributed by atoms with Crippen LogP contribution in [0.15, 0.2) is 4.99 Å². The molecule has 0 fully saturated rings. The highest BCUT2D eigenvalue weighted by molar-refractivity contribution is 7.98. The number of nitrogens with one attached hydrogen (secondary N) is 2. The molecule has 0 radical (unpaired) electrons. The Kier molecular flexibility index (Phi) is 11.3. The number of hydrogen-bond donors (Lipinski definition) is 3. The van der Waals surface area contributed by atoms with Gasteiger partial charge in [-0.3, -0.25) is 10.4 Å². The maximum absolute atomic E-state index is 5.29. The fourth-order valence-electron chi connectivity index (χ4n) is 1.22. The first-order chi connectivity index (χ1) is 7.35. The van der Waals surface area contributed by atoms with Crippen LogP contribution in [0.1, 0.15) is 32.6 Å². The first-order valence-corrected chi connectivity index (χ1v) is 6.98. The van der Waals surface area contributed by atoms with E-state index in [-0.39, 0.29) is 0 Å². The van der Waals surface area contributed by atoms with Crippen molar-refractivity contribution in [3.8, 4) is 0 Å². The summed E-state index contributed by atoms with van der Waals surface area (Å²) in [6.45, 7) is 3.72. The van der Waals surface area contributed by atoms with E-state index in [2.05, 4.69) is 22.0 Å². The third-order valence-electron chi connectivity index (χ3n) is 2.01. The van der Waals surface area contributed by atoms with Crippen LogP contribution in [0.4, 0.5) is 0 Å². The van der Waals surface area contributed by atoms with Gasteiger partial charge >= 0.3 is 0 Å². The summed E-state index contributed by atoms with van der Waals surface area (Å²) in [7, 11) is 0. The highest BCUT2D eigenvalue weighted by atomic mass is 32.2. The van der Waals surface area contributed by atoms with Crippen molar-refractivity contribution >= 4 is 17.7 Å². The van der Waals surface area contributed by atoms with Crippen molar-refractivity contribution in [1.82, 2.24) is 10.7 Å². The normalized spacial score (nSPS) is 11.5. The van der Waals surface area contributed by atoms with Gasteiger partial charge in [-0.1, -0.05) is 12.8 Å². The number of hydrogen-bond acceptors (Lipinski definition) is 3. The average molecular weight is 232 g/mol. The van der Waals surface area contributed by atoms with E-state index < -0.39 is 0 Å². The van der Waals surface area contributed by atoms with Crippen molar-refractivity contribution in [2.24, 2.45) is 10.8 Å². The van der Waals surface area contributed by atoms with Gasteiger partial charge in [-0.05, 0) is 31.8 Å². The number of nitrogens with zero attached hydrogens (tertiary/aromatic N) is 1. The standard InChI is InChI=1S/C10H24N4S/c1-3-12-10(14-11)13-8-6-4-5-7-9-15-2/h3-9,11H2,1-2H3,(H2,12,13,14). The summed E-state index contributed by atoms with van der Waals surface area (Å²) in [6, 6.07) is 0. The largest absolute Gasteiger partial charge is 0.356 e. The lowest BCUT2D eigenvalue weighted by molar-refractivity contribution is 0.675. The Bertz CT molecular complexity index is 162. The highest BCUT2D eigenvalue weighted by Crippen LogP contribution is 2.04. The van der Waals surface area contributed by atoms with Gasteiger partial charge in [0.25, 0.3) is 0 Å². The van der Waals surface area contributed by atoms with Gasteiger partial charge < -0.3 is 5.32 Å². The highest BCUT2D eigenvalue weighted by Gasteiger charge is 1.92. The monoisotopic (exact) mass is 232 g/mol. The molecule has 15 heavy (non-hydrogen) atoms. The van der Waals surface area contributed by atoms with Gasteiger partial charge in [-0.15, -0.1) is 0 Å². The second kappa shape index (κ2) is 11.7. The van der Waals surface area contributed by atoms with Crippen LogP contribution in [0.25, 0.3) is 0 Å². The Morgan fingerprint density at radius 2 is 2.00 bits per heavy atom. The van der Waals surface area contributed by atoms with Crippen LogP contribution in [0.5, 0.6) is 0 Å². The van der Waals surface area contributed by atoms with Gasteiger partial charge in [0.15, 0.2) is 0 Å². The molecule has 5 heteroatoms. The zero-order chi connectivity index (χ0) is 11.4. The topological polar surface area (TPSA) is 62.4 Å². The SMILES string of the molecule is CCNC(=NCCCCCCSC)NN. The molecule has 4 N–H and O–H groups in total. The Morgan fingerprint density at radius 3 is 2.60 bits per heavy atom. The van der Waals surface area contributed by atoms with Crippen LogP contribution >= 0.6 is 11.8 Å². The molecule has 0 bridgehead atoms. The van der Waals surface area contributed by atoms with Gasteiger partial charge in [0.05, 0.1) is 0 Å². The van der Waals surface area contributed by atoms with Crippen molar-refractivity contribution in [1.29, 1.82) is 0 Å². The number of aliphatic imine (C=N–C) groups is 1. The molecule has 0 rings (SSSR count). The summed E-state index contributed by atoms with van der Waals surface area (Å²) >= 11 is 1.92. The van der Waals surface area contributed by atoms with Crippen molar-refractivity contribution in [3.05, 3.63) is 0 Å². The second-order valence-corrected chi connectivity index (χ2v) is 4.30. The average Bonchev–Trinajstić information content (AvgIpc) is 2.26. The quantitative estimate of drug-likeness (QED) is 0.194. The summed E-state index contributed by atoms with van der Waals surface area (Å²) in [5, 5.41) is 3.05. The molecule has 0 heterocycles. The van der Waals surface area contributed by atoms with E-state index in [1.807, 2.05) is 18.7 Å². The van der Waals surface area contributed by atoms with E-state index in [0.717, 1.165) is 19.5 Å². The summed E-state index contributed by atoms with van der Waals surface area (Å²) < 4.78 is 0. The molecule has 0 aromatic heterocycles. The maximum atomic E-state index is 5.29. The zero-order valence-electron chi connectivity index (χ0n) is 9.88. The number of hydrazine groups is 1. The van der Waals surface area contributed by atoms with Gasteiger partial charge in [0.1, 0.15) is 0 Å². The maximum Gasteiger partial charge on any atom is 0.205 e. The van der Waals surface area contributed by atoms with E-state index in [4.69, 9.17) is 5.84 Å². The lowest BCUT2D eigenvalue weighted by Crippen LogP contribution is -2.41. The van der Waals surface area contributed by atoms with Crippen molar-refractivity contribution < 1.29 is 0 Å². The first-order valence-electron chi connectivity index (χ1n) is 5.59. The van der Waals surface area contributed by atoms with Crippen LogP contribution in [0, 0.1) is 0 Å². The van der Waals surface area contributed by atoms with E-state index in [9.17, 15) is 0 Å². The molecule has 0 aliphatic carbocycles. The summed E-state index contributed by atoms with van der Waals surface area (Å²) in [6.07, 6.45) is 7.18. The molecule has 0 unspecified atom stereocenters. The summed E-state index contributed by atoms with van der Waals surface area (Å²) in [4.78, 5) is 4.31. The zero-order valence-corrected chi connectivity index (χ0v) is 10.7. The Balaban J connectivity index is 3.33. The molecule has 0 saturated heterocycles. The minimum Gasteiger partial charge on any atom is -0.356 e. The molecule has 0 aliphatic heterocycles. The van der Waals surface area contributed by atoms with Gasteiger partial charge in [-0.2, -0.15) is 11.8 Å². The predicted octanol–water partition coefficient (Wildman–Crippen LogP) is 1.34. The Hall–Kier alpha value is -0.420. The van der Waals surface area contributed by atoms with Crippen LogP contribution in [0.2, 0.25) is 0 Å². The Labute approximate surface area is 97.5 Å². The van der Waals surface area contributed by atoms with Crippen LogP contribution in [-0.2, 0) is 0 Å². The summed E-state index contributed by atoms with van der Waals surface area (Å²) in [5.74, 6) is 7.26. The Morgan fingerprint density at radius 1 is 1.27 bits per heavy atom. The van der Waals surface area contributed by atoms with Crippen LogP contribution in [0.3, 0.4) is 0 Å². The van der Waals surface area contributed by atoms with Crippen molar-refractivity contribution in [2.75, 3.05) is 25.1 Å². The number of thioether (sulfide) groups is 1. The molecule has 0 atom stereocenters. The number of nitrogens with two attached hydrogens (primary N) is 1. The fourth-order valence-corrected chi connectivity index (χ4v) is 1.72. The lowest BCUT2D eigenvalue weighted by Gasteiger charge is -2.06. The number of rotatable bonds is 8. The van der Waals surface area contributed by atoms with E-state index >= 15 is 0 Å². The van der Waals surface area contributed by atoms with Crippen molar-refractivity contribution in [2.45, 2.75) is 32.6 Å². The van der Waals surface area contributed by atoms with Gasteiger partial charge in [-0.25, -0.2) is 5.84 Å². The molecule has 0 aromatic rings. The molecule has 90 valence electrons. The minimum atomic E-state index is 0.696. The first kappa shape index (κ1) is 14.6. The number of unbranched alkanes of at least 4 members (excludes halogenated alkanes) is 3. The molecule has 0 spiro atoms. The van der Waals surface area contributed by atoms with Crippen LogP contribution < -0.4 is 16.6 Å². The predicted molar refractivity (Wildman–Crippen MR) is 70.2 cm³/mol. The number of guanidine groups is 1. The van der Waals surface area contributed by atoms with Gasteiger partial charge in [0.2, 0.25) is 5.96 Å². The molecule has 0 amide bonds. The second-order valence-electron chi connectivity index (χ2n) is 3.31. The fraction of sp³-hybridized carbons (Fsp3) is 0.900. The molecule has 0 saturated carbocycles. The molecule has 0 aromatic carbocycles. The molecular formula is C10H24N4S. The van der Waals surface area contributed by atoms with Gasteiger partial charge in [0, 0.05) is 13.1 Å².